The quantitative estimate of drug-likeness (QED) is 0.709. The number of carbonyl (C=O) groups excluding carboxylic acids is 2. The Kier molecular flexibility index (Phi) is 9.14. The van der Waals surface area contributed by atoms with Crippen LogP contribution < -0.4 is 11.5 Å². The fraction of sp³-hybridized carbons (Fsp3) is 0.778. The molecule has 7 heteroatoms. The van der Waals surface area contributed by atoms with Gasteiger partial charge in [0.1, 0.15) is 13.2 Å². The average Bonchev–Trinajstić information content (AvgIpc) is 2.13. The first kappa shape index (κ1) is 17.6. The molecule has 90 valence electrons. The van der Waals surface area contributed by atoms with Crippen molar-refractivity contribution in [3.63, 3.8) is 0 Å². The fourth-order valence-electron chi connectivity index (χ4n) is 1.28. The van der Waals surface area contributed by atoms with Gasteiger partial charge >= 0.3 is 12.2 Å². The Morgan fingerprint density at radius 3 is 1.75 bits per heavy atom. The van der Waals surface area contributed by atoms with Gasteiger partial charge in [0.25, 0.3) is 0 Å². The molecule has 0 radical (unpaired) electrons. The van der Waals surface area contributed by atoms with Crippen LogP contribution >= 0.6 is 0 Å². The molecule has 0 fully saturated rings. The van der Waals surface area contributed by atoms with Crippen molar-refractivity contribution < 1.29 is 38.5 Å². The normalized spacial score (nSPS) is 10.1. The van der Waals surface area contributed by atoms with E-state index in [-0.39, 0.29) is 32.7 Å². The Hall–Kier alpha value is -0.837. The van der Waals surface area contributed by atoms with Gasteiger partial charge in [-0.2, -0.15) is 0 Å². The number of hydrogen-bond donors (Lipinski definition) is 2. The standard InChI is InChI=1S/C9H18N2O4.Zn/c1-3-4-9(2,5-14-7(10)12)6-15-8(11)13;/h3-6H2,1-2H3,(H2,10,12)(H2,11,13);. The molecule has 0 saturated carbocycles. The Balaban J connectivity index is 0. The zero-order valence-corrected chi connectivity index (χ0v) is 12.8. The molecule has 0 aromatic carbocycles. The Labute approximate surface area is 108 Å². The van der Waals surface area contributed by atoms with E-state index in [9.17, 15) is 9.59 Å². The largest absolute Gasteiger partial charge is 0.449 e. The third-order valence-corrected chi connectivity index (χ3v) is 1.98. The van der Waals surface area contributed by atoms with Gasteiger partial charge in [-0.15, -0.1) is 0 Å². The number of primary amides is 2. The summed E-state index contributed by atoms with van der Waals surface area (Å²) in [7, 11) is 0. The summed E-state index contributed by atoms with van der Waals surface area (Å²) in [6.45, 7) is 4.04. The molecule has 4 N–H and O–H groups in total. The topological polar surface area (TPSA) is 105 Å². The van der Waals surface area contributed by atoms with Crippen LogP contribution in [0.2, 0.25) is 0 Å². The average molecular weight is 284 g/mol. The van der Waals surface area contributed by atoms with E-state index in [1.165, 1.54) is 0 Å². The second-order valence-corrected chi connectivity index (χ2v) is 3.78. The Bertz CT molecular complexity index is 218. The van der Waals surface area contributed by atoms with E-state index in [0.29, 0.717) is 0 Å². The summed E-state index contributed by atoms with van der Waals surface area (Å²) >= 11 is 0. The first-order chi connectivity index (χ1) is 6.89. The van der Waals surface area contributed by atoms with Crippen LogP contribution in [-0.2, 0) is 29.0 Å². The summed E-state index contributed by atoms with van der Waals surface area (Å²) in [6, 6.07) is 0. The smallest absolute Gasteiger partial charge is 0.404 e. The van der Waals surface area contributed by atoms with Gasteiger partial charge in [-0.25, -0.2) is 9.59 Å². The molecule has 0 unspecified atom stereocenters. The summed E-state index contributed by atoms with van der Waals surface area (Å²) in [5, 5.41) is 0. The van der Waals surface area contributed by atoms with E-state index >= 15 is 0 Å². The van der Waals surface area contributed by atoms with Crippen molar-refractivity contribution in [1.82, 2.24) is 0 Å². The van der Waals surface area contributed by atoms with Crippen LogP contribution in [0.25, 0.3) is 0 Å². The zero-order valence-electron chi connectivity index (χ0n) is 9.82. The van der Waals surface area contributed by atoms with Gasteiger partial charge in [-0.1, -0.05) is 20.3 Å². The monoisotopic (exact) mass is 282 g/mol. The Morgan fingerprint density at radius 1 is 1.12 bits per heavy atom. The maximum Gasteiger partial charge on any atom is 0.404 e. The predicted octanol–water partition coefficient (Wildman–Crippen LogP) is 0.981. The molecule has 0 aliphatic heterocycles. The minimum absolute atomic E-state index is 0. The summed E-state index contributed by atoms with van der Waals surface area (Å²) in [6.07, 6.45) is -0.0540. The van der Waals surface area contributed by atoms with Crippen LogP contribution in [0.4, 0.5) is 9.59 Å². The van der Waals surface area contributed by atoms with E-state index < -0.39 is 17.6 Å². The molecule has 0 aliphatic rings. The third kappa shape index (κ3) is 8.47. The molecule has 0 rings (SSSR count). The third-order valence-electron chi connectivity index (χ3n) is 1.98. The predicted molar refractivity (Wildman–Crippen MR) is 54.1 cm³/mol. The van der Waals surface area contributed by atoms with Gasteiger partial charge in [0.2, 0.25) is 0 Å². The van der Waals surface area contributed by atoms with E-state index in [0.717, 1.165) is 12.8 Å². The summed E-state index contributed by atoms with van der Waals surface area (Å²) < 4.78 is 9.40. The summed E-state index contributed by atoms with van der Waals surface area (Å²) in [4.78, 5) is 20.9. The second kappa shape index (κ2) is 8.33. The van der Waals surface area contributed by atoms with Crippen LogP contribution in [0.3, 0.4) is 0 Å². The van der Waals surface area contributed by atoms with Crippen molar-refractivity contribution in [3.05, 3.63) is 0 Å². The number of amides is 2. The molecule has 0 aromatic heterocycles. The fourth-order valence-corrected chi connectivity index (χ4v) is 1.28. The molecule has 0 aliphatic carbocycles. The minimum Gasteiger partial charge on any atom is -0.449 e. The van der Waals surface area contributed by atoms with Crippen LogP contribution in [0, 0.1) is 5.41 Å². The molecule has 2 amide bonds. The molecule has 0 atom stereocenters. The molecule has 0 spiro atoms. The second-order valence-electron chi connectivity index (χ2n) is 3.78. The van der Waals surface area contributed by atoms with Crippen LogP contribution in [-0.4, -0.2) is 25.4 Å². The van der Waals surface area contributed by atoms with Gasteiger partial charge in [0, 0.05) is 24.9 Å². The molecular formula is C9H18N2O4Zn. The number of hydrogen-bond acceptors (Lipinski definition) is 4. The number of nitrogens with two attached hydrogens (primary N) is 2. The minimum atomic E-state index is -0.837. The van der Waals surface area contributed by atoms with Crippen molar-refractivity contribution >= 4 is 12.2 Å². The molecule has 6 nitrogen and oxygen atoms in total. The maximum absolute atomic E-state index is 10.5. The molecule has 0 saturated heterocycles. The van der Waals surface area contributed by atoms with Crippen LogP contribution in [0.5, 0.6) is 0 Å². The molecule has 0 aromatic rings. The number of rotatable bonds is 6. The number of ether oxygens (including phenoxy) is 2. The van der Waals surface area contributed by atoms with E-state index in [4.69, 9.17) is 20.9 Å². The van der Waals surface area contributed by atoms with Gasteiger partial charge < -0.3 is 20.9 Å². The zero-order chi connectivity index (χ0) is 11.9. The van der Waals surface area contributed by atoms with Crippen molar-refractivity contribution in [3.8, 4) is 0 Å². The van der Waals surface area contributed by atoms with Crippen LogP contribution in [0.1, 0.15) is 26.7 Å². The van der Waals surface area contributed by atoms with E-state index in [1.807, 2.05) is 13.8 Å². The molecule has 0 bridgehead atoms. The first-order valence-electron chi connectivity index (χ1n) is 4.74. The van der Waals surface area contributed by atoms with Crippen molar-refractivity contribution in [2.24, 2.45) is 16.9 Å². The maximum atomic E-state index is 10.5. The van der Waals surface area contributed by atoms with Crippen LogP contribution in [0.15, 0.2) is 0 Å². The molecule has 16 heavy (non-hydrogen) atoms. The van der Waals surface area contributed by atoms with Gasteiger partial charge in [-0.3, -0.25) is 0 Å². The Morgan fingerprint density at radius 2 is 1.50 bits per heavy atom. The van der Waals surface area contributed by atoms with Gasteiger partial charge in [-0.05, 0) is 6.42 Å². The van der Waals surface area contributed by atoms with Gasteiger partial charge in [0.15, 0.2) is 0 Å². The van der Waals surface area contributed by atoms with Crippen molar-refractivity contribution in [2.45, 2.75) is 26.7 Å². The van der Waals surface area contributed by atoms with E-state index in [1.54, 1.807) is 0 Å². The van der Waals surface area contributed by atoms with Gasteiger partial charge in [0.05, 0.1) is 0 Å². The summed E-state index contributed by atoms with van der Waals surface area (Å²) in [5.74, 6) is 0. The first-order valence-corrected chi connectivity index (χ1v) is 4.74. The van der Waals surface area contributed by atoms with E-state index in [2.05, 4.69) is 0 Å². The van der Waals surface area contributed by atoms with Crippen molar-refractivity contribution in [1.29, 1.82) is 0 Å². The molecular weight excluding hydrogens is 265 g/mol. The number of carbonyl (C=O) groups is 2. The SMILES string of the molecule is CCCC(C)(COC(N)=O)COC(N)=O.[Zn]. The van der Waals surface area contributed by atoms with Crippen molar-refractivity contribution in [2.75, 3.05) is 13.2 Å². The molecule has 0 heterocycles. The summed E-state index contributed by atoms with van der Waals surface area (Å²) in [5.41, 5.74) is 9.28.